The van der Waals surface area contributed by atoms with Crippen LogP contribution in [-0.4, -0.2) is 49.1 Å². The van der Waals surface area contributed by atoms with Crippen molar-refractivity contribution in [3.63, 3.8) is 0 Å². The van der Waals surface area contributed by atoms with Crippen LogP contribution in [0.5, 0.6) is 5.75 Å². The maximum atomic E-state index is 12.8. The van der Waals surface area contributed by atoms with Crippen molar-refractivity contribution in [3.8, 4) is 5.75 Å². The highest BCUT2D eigenvalue weighted by molar-refractivity contribution is 7.09. The van der Waals surface area contributed by atoms with Gasteiger partial charge in [-0.25, -0.2) is 0 Å². The van der Waals surface area contributed by atoms with Gasteiger partial charge in [0.1, 0.15) is 5.75 Å². The summed E-state index contributed by atoms with van der Waals surface area (Å²) in [6.45, 7) is 4.28. The Morgan fingerprint density at radius 2 is 2.11 bits per heavy atom. The second-order valence-electron chi connectivity index (χ2n) is 6.63. The molecule has 28 heavy (non-hydrogen) atoms. The summed E-state index contributed by atoms with van der Waals surface area (Å²) >= 11 is 1.62. The Morgan fingerprint density at radius 3 is 2.75 bits per heavy atom. The minimum atomic E-state index is -0.274. The number of hydrogen-bond donors (Lipinski definition) is 1. The first kappa shape index (κ1) is 20.4. The van der Waals surface area contributed by atoms with Crippen LogP contribution in [0.25, 0.3) is 0 Å². The van der Waals surface area contributed by atoms with Crippen LogP contribution in [0.3, 0.4) is 0 Å². The Labute approximate surface area is 169 Å². The number of nitrogens with zero attached hydrogens (tertiary/aromatic N) is 1. The van der Waals surface area contributed by atoms with E-state index in [-0.39, 0.29) is 24.5 Å². The lowest BCUT2D eigenvalue weighted by atomic mass is 10.2. The topological polar surface area (TPSA) is 67.9 Å². The van der Waals surface area contributed by atoms with Crippen LogP contribution in [-0.2, 0) is 16.1 Å². The summed E-state index contributed by atoms with van der Waals surface area (Å²) in [4.78, 5) is 28.0. The number of thiophene rings is 1. The maximum absolute atomic E-state index is 12.8. The second kappa shape index (κ2) is 10.2. The number of carbonyl (C=O) groups excluding carboxylic acids is 2. The Kier molecular flexibility index (Phi) is 7.45. The first-order chi connectivity index (χ1) is 13.7. The number of rotatable bonds is 9. The molecule has 0 saturated carbocycles. The van der Waals surface area contributed by atoms with Crippen molar-refractivity contribution in [1.29, 1.82) is 0 Å². The molecule has 0 spiro atoms. The second-order valence-corrected chi connectivity index (χ2v) is 7.66. The van der Waals surface area contributed by atoms with E-state index in [1.807, 2.05) is 24.4 Å². The van der Waals surface area contributed by atoms with E-state index in [1.54, 1.807) is 40.5 Å². The van der Waals surface area contributed by atoms with Gasteiger partial charge in [0.25, 0.3) is 5.91 Å². The summed E-state index contributed by atoms with van der Waals surface area (Å²) in [6.07, 6.45) is 2.07. The van der Waals surface area contributed by atoms with E-state index >= 15 is 0 Å². The minimum Gasteiger partial charge on any atom is -0.494 e. The van der Waals surface area contributed by atoms with Crippen molar-refractivity contribution in [1.82, 2.24) is 10.2 Å². The lowest BCUT2D eigenvalue weighted by Gasteiger charge is -2.25. The fourth-order valence-corrected chi connectivity index (χ4v) is 3.84. The van der Waals surface area contributed by atoms with Crippen LogP contribution < -0.4 is 10.1 Å². The number of amides is 2. The summed E-state index contributed by atoms with van der Waals surface area (Å²) in [6, 6.07) is 10.9. The summed E-state index contributed by atoms with van der Waals surface area (Å²) in [5, 5.41) is 4.72. The Morgan fingerprint density at radius 1 is 1.29 bits per heavy atom. The lowest BCUT2D eigenvalue weighted by Crippen LogP contribution is -2.43. The van der Waals surface area contributed by atoms with Gasteiger partial charge in [-0.05, 0) is 55.5 Å². The van der Waals surface area contributed by atoms with E-state index in [4.69, 9.17) is 9.47 Å². The van der Waals surface area contributed by atoms with Crippen LogP contribution in [0.1, 0.15) is 35.0 Å². The van der Waals surface area contributed by atoms with Crippen molar-refractivity contribution in [2.45, 2.75) is 32.4 Å². The Bertz CT molecular complexity index is 755. The van der Waals surface area contributed by atoms with Crippen LogP contribution in [0.15, 0.2) is 41.8 Å². The smallest absolute Gasteiger partial charge is 0.251 e. The van der Waals surface area contributed by atoms with Gasteiger partial charge >= 0.3 is 0 Å². The van der Waals surface area contributed by atoms with Gasteiger partial charge in [-0.2, -0.15) is 0 Å². The zero-order valence-corrected chi connectivity index (χ0v) is 16.9. The van der Waals surface area contributed by atoms with Crippen molar-refractivity contribution in [2.24, 2.45) is 0 Å². The molecule has 7 heteroatoms. The molecular weight excluding hydrogens is 376 g/mol. The van der Waals surface area contributed by atoms with Crippen molar-refractivity contribution >= 4 is 23.2 Å². The molecule has 3 rings (SSSR count). The van der Waals surface area contributed by atoms with E-state index in [2.05, 4.69) is 5.32 Å². The highest BCUT2D eigenvalue weighted by Crippen LogP contribution is 2.17. The molecule has 6 nitrogen and oxygen atoms in total. The van der Waals surface area contributed by atoms with Crippen LogP contribution in [0.4, 0.5) is 0 Å². The van der Waals surface area contributed by atoms with Crippen molar-refractivity contribution in [3.05, 3.63) is 52.2 Å². The van der Waals surface area contributed by atoms with Crippen LogP contribution in [0.2, 0.25) is 0 Å². The first-order valence-electron chi connectivity index (χ1n) is 9.58. The summed E-state index contributed by atoms with van der Waals surface area (Å²) in [5.41, 5.74) is 0.500. The predicted molar refractivity (Wildman–Crippen MR) is 109 cm³/mol. The third-order valence-corrected chi connectivity index (χ3v) is 5.42. The maximum Gasteiger partial charge on any atom is 0.251 e. The molecule has 1 aromatic carbocycles. The van der Waals surface area contributed by atoms with Gasteiger partial charge in [0.2, 0.25) is 5.91 Å². The Balaban J connectivity index is 1.56. The standard InChI is InChI=1S/C21H26N2O4S/c1-2-26-17-9-7-16(8-10-17)21(25)22-13-20(24)23(14-18-5-3-11-27-18)15-19-6-4-12-28-19/h4,6-10,12,18H,2-3,5,11,13-15H2,1H3,(H,22,25). The fraction of sp³-hybridized carbons (Fsp3) is 0.429. The number of hydrogen-bond acceptors (Lipinski definition) is 5. The molecule has 2 amide bonds. The van der Waals surface area contributed by atoms with Crippen LogP contribution in [0, 0.1) is 0 Å². The Hall–Kier alpha value is -2.38. The fourth-order valence-electron chi connectivity index (χ4n) is 3.12. The van der Waals surface area contributed by atoms with Gasteiger partial charge in [0, 0.05) is 23.6 Å². The molecule has 2 aromatic rings. The van der Waals surface area contributed by atoms with Gasteiger partial charge < -0.3 is 19.7 Å². The van der Waals surface area contributed by atoms with Gasteiger partial charge in [-0.1, -0.05) is 6.07 Å². The van der Waals surface area contributed by atoms with Gasteiger partial charge in [0.15, 0.2) is 0 Å². The molecule has 1 unspecified atom stereocenters. The summed E-state index contributed by atoms with van der Waals surface area (Å²) < 4.78 is 11.1. The molecule has 0 radical (unpaired) electrons. The molecule has 1 aliphatic rings. The number of nitrogens with one attached hydrogen (secondary N) is 1. The molecule has 1 aliphatic heterocycles. The average molecular weight is 403 g/mol. The normalized spacial score (nSPS) is 16.0. The lowest BCUT2D eigenvalue weighted by molar-refractivity contribution is -0.132. The summed E-state index contributed by atoms with van der Waals surface area (Å²) in [5.74, 6) is 0.335. The molecule has 0 aliphatic carbocycles. The molecule has 1 atom stereocenters. The molecule has 2 heterocycles. The zero-order chi connectivity index (χ0) is 19.8. The molecule has 0 bridgehead atoms. The SMILES string of the molecule is CCOc1ccc(C(=O)NCC(=O)N(Cc2cccs2)CC2CCCO2)cc1. The van der Waals surface area contributed by atoms with Crippen molar-refractivity contribution < 1.29 is 19.1 Å². The molecule has 1 N–H and O–H groups in total. The highest BCUT2D eigenvalue weighted by atomic mass is 32.1. The van der Waals surface area contributed by atoms with E-state index in [1.165, 1.54) is 0 Å². The van der Waals surface area contributed by atoms with Crippen LogP contribution >= 0.6 is 11.3 Å². The third-order valence-electron chi connectivity index (χ3n) is 4.56. The summed E-state index contributed by atoms with van der Waals surface area (Å²) in [7, 11) is 0. The number of ether oxygens (including phenoxy) is 2. The monoisotopic (exact) mass is 402 g/mol. The van der Waals surface area contributed by atoms with E-state index in [0.29, 0.717) is 31.0 Å². The third kappa shape index (κ3) is 5.81. The minimum absolute atomic E-state index is 0.0376. The molecule has 150 valence electrons. The van der Waals surface area contributed by atoms with Crippen molar-refractivity contribution in [2.75, 3.05) is 26.3 Å². The zero-order valence-electron chi connectivity index (χ0n) is 16.1. The van der Waals surface area contributed by atoms with Gasteiger partial charge in [-0.3, -0.25) is 9.59 Å². The number of carbonyl (C=O) groups is 2. The predicted octanol–water partition coefficient (Wildman–Crippen LogP) is 3.08. The van der Waals surface area contributed by atoms with E-state index < -0.39 is 0 Å². The van der Waals surface area contributed by atoms with Gasteiger partial charge in [0.05, 0.1) is 25.8 Å². The van der Waals surface area contributed by atoms with Gasteiger partial charge in [-0.15, -0.1) is 11.3 Å². The highest BCUT2D eigenvalue weighted by Gasteiger charge is 2.23. The quantitative estimate of drug-likeness (QED) is 0.700. The largest absolute Gasteiger partial charge is 0.494 e. The molecule has 1 saturated heterocycles. The number of benzene rings is 1. The van der Waals surface area contributed by atoms with E-state index in [9.17, 15) is 9.59 Å². The molecular formula is C21H26N2O4S. The molecule has 1 fully saturated rings. The molecule has 1 aromatic heterocycles. The average Bonchev–Trinajstić information content (AvgIpc) is 3.40. The first-order valence-corrected chi connectivity index (χ1v) is 10.5. The van der Waals surface area contributed by atoms with E-state index in [0.717, 1.165) is 24.3 Å².